The van der Waals surface area contributed by atoms with Gasteiger partial charge in [0.05, 0.1) is 11.0 Å². The summed E-state index contributed by atoms with van der Waals surface area (Å²) in [6.07, 6.45) is 0. The Morgan fingerprint density at radius 1 is 1.43 bits per heavy atom. The summed E-state index contributed by atoms with van der Waals surface area (Å²) < 4.78 is 0. The van der Waals surface area contributed by atoms with E-state index in [-0.39, 0.29) is 0 Å². The predicted octanol–water partition coefficient (Wildman–Crippen LogP) is 1.01. The minimum atomic E-state index is -0.859. The number of likely N-dealkylation sites (N-methyl/N-ethyl adjacent to an activating group) is 1. The van der Waals surface area contributed by atoms with Crippen LogP contribution < -0.4 is 16.6 Å². The minimum Gasteiger partial charge on any atom is -0.387 e. The average Bonchev–Trinajstić information content (AvgIpc) is 2.74. The summed E-state index contributed by atoms with van der Waals surface area (Å²) in [6.45, 7) is 4.75. The molecule has 0 amide bonds. The number of anilines is 2. The summed E-state index contributed by atoms with van der Waals surface area (Å²) in [5, 5.41) is 14.5. The molecule has 1 atom stereocenters. The number of fused-ring (bicyclic) bond motifs is 1. The molecule has 5 N–H and O–H groups in total. The molecule has 0 fully saturated rings. The number of hydrogen-bond acceptors (Lipinski definition) is 8. The van der Waals surface area contributed by atoms with Gasteiger partial charge >= 0.3 is 0 Å². The molecule has 21 heavy (non-hydrogen) atoms. The van der Waals surface area contributed by atoms with Crippen molar-refractivity contribution in [2.75, 3.05) is 37.9 Å². The molecule has 7 nitrogen and oxygen atoms in total. The molecule has 8 heteroatoms. The van der Waals surface area contributed by atoms with E-state index < -0.39 is 5.60 Å². The molecule has 0 aliphatic heterocycles. The fourth-order valence-electron chi connectivity index (χ4n) is 2.25. The third-order valence-corrected chi connectivity index (χ3v) is 3.88. The fourth-order valence-corrected chi connectivity index (χ4v) is 3.13. The Morgan fingerprint density at radius 3 is 2.76 bits per heavy atom. The summed E-state index contributed by atoms with van der Waals surface area (Å²) in [7, 11) is 3.85. The number of hydrazine groups is 1. The van der Waals surface area contributed by atoms with E-state index in [2.05, 4.69) is 20.7 Å². The van der Waals surface area contributed by atoms with Crippen LogP contribution in [0.2, 0.25) is 0 Å². The molecule has 0 aliphatic carbocycles. The first-order chi connectivity index (χ1) is 9.80. The summed E-state index contributed by atoms with van der Waals surface area (Å²) in [6, 6.07) is 2.03. The molecule has 0 aromatic carbocycles. The third-order valence-electron chi connectivity index (χ3n) is 2.94. The molecular formula is C13H22N6OS. The lowest BCUT2D eigenvalue weighted by molar-refractivity contribution is 0.0459. The molecule has 2 heterocycles. The summed E-state index contributed by atoms with van der Waals surface area (Å²) in [5.74, 6) is 6.45. The van der Waals surface area contributed by atoms with E-state index in [4.69, 9.17) is 5.84 Å². The normalized spacial score (nSPS) is 14.4. The van der Waals surface area contributed by atoms with E-state index in [1.165, 1.54) is 0 Å². The number of nitrogens with zero attached hydrogens (tertiary/aromatic N) is 3. The van der Waals surface area contributed by atoms with Crippen LogP contribution in [0.3, 0.4) is 0 Å². The highest BCUT2D eigenvalue weighted by molar-refractivity contribution is 7.18. The van der Waals surface area contributed by atoms with Crippen LogP contribution in [0, 0.1) is 6.92 Å². The molecule has 0 saturated heterocycles. The number of nitrogens with two attached hydrogens (primary N) is 1. The van der Waals surface area contributed by atoms with E-state index >= 15 is 0 Å². The molecular weight excluding hydrogens is 288 g/mol. The molecule has 0 aliphatic rings. The molecule has 0 saturated carbocycles. The molecule has 0 spiro atoms. The highest BCUT2D eigenvalue weighted by atomic mass is 32.1. The van der Waals surface area contributed by atoms with Gasteiger partial charge in [0.1, 0.15) is 10.6 Å². The number of nitrogen functional groups attached to an aromatic ring is 1. The average molecular weight is 310 g/mol. The highest BCUT2D eigenvalue weighted by Gasteiger charge is 2.22. The van der Waals surface area contributed by atoms with Gasteiger partial charge < -0.3 is 15.3 Å². The second-order valence-corrected chi connectivity index (χ2v) is 6.94. The number of aryl methyl sites for hydroxylation is 1. The van der Waals surface area contributed by atoms with Gasteiger partial charge in [0, 0.05) is 18.0 Å². The zero-order valence-corrected chi connectivity index (χ0v) is 13.6. The van der Waals surface area contributed by atoms with Gasteiger partial charge in [0.25, 0.3) is 0 Å². The Kier molecular flexibility index (Phi) is 4.62. The van der Waals surface area contributed by atoms with Gasteiger partial charge in [-0.25, -0.2) is 10.8 Å². The zero-order chi connectivity index (χ0) is 15.6. The molecule has 0 radical (unpaired) electrons. The van der Waals surface area contributed by atoms with Gasteiger partial charge in [-0.15, -0.1) is 11.3 Å². The fraction of sp³-hybridized carbons (Fsp3) is 0.538. The number of thiophene rings is 1. The predicted molar refractivity (Wildman–Crippen MR) is 87.6 cm³/mol. The SMILES string of the molecule is Cc1cc2c(NCC(C)(O)CN(C)C)nc(NN)nc2s1. The first kappa shape index (κ1) is 15.9. The maximum atomic E-state index is 10.4. The number of hydrogen-bond donors (Lipinski definition) is 4. The smallest absolute Gasteiger partial charge is 0.240 e. The lowest BCUT2D eigenvalue weighted by Crippen LogP contribution is -2.43. The Morgan fingerprint density at radius 2 is 2.14 bits per heavy atom. The van der Waals surface area contributed by atoms with Crippen LogP contribution in [0.5, 0.6) is 0 Å². The van der Waals surface area contributed by atoms with Crippen LogP contribution in [0.1, 0.15) is 11.8 Å². The van der Waals surface area contributed by atoms with Gasteiger partial charge in [0.2, 0.25) is 5.95 Å². The maximum Gasteiger partial charge on any atom is 0.240 e. The van der Waals surface area contributed by atoms with Crippen molar-refractivity contribution in [3.05, 3.63) is 10.9 Å². The molecule has 2 rings (SSSR count). The molecule has 0 bridgehead atoms. The van der Waals surface area contributed by atoms with Gasteiger partial charge in [0.15, 0.2) is 0 Å². The Balaban J connectivity index is 2.24. The van der Waals surface area contributed by atoms with Crippen LogP contribution in [0.15, 0.2) is 6.07 Å². The number of rotatable bonds is 6. The third kappa shape index (κ3) is 4.01. The van der Waals surface area contributed by atoms with Gasteiger partial charge in [-0.1, -0.05) is 0 Å². The highest BCUT2D eigenvalue weighted by Crippen LogP contribution is 2.29. The summed E-state index contributed by atoms with van der Waals surface area (Å²) in [4.78, 5) is 12.6. The number of nitrogens with one attached hydrogen (secondary N) is 2. The Labute approximate surface area is 128 Å². The van der Waals surface area contributed by atoms with E-state index in [1.807, 2.05) is 32.0 Å². The molecule has 1 unspecified atom stereocenters. The quantitative estimate of drug-likeness (QED) is 0.467. The number of aliphatic hydroxyl groups is 1. The monoisotopic (exact) mass is 310 g/mol. The van der Waals surface area contributed by atoms with Crippen molar-refractivity contribution in [1.29, 1.82) is 0 Å². The lowest BCUT2D eigenvalue weighted by Gasteiger charge is -2.27. The largest absolute Gasteiger partial charge is 0.387 e. The van der Waals surface area contributed by atoms with Crippen LogP contribution >= 0.6 is 11.3 Å². The van der Waals surface area contributed by atoms with Crippen LogP contribution in [-0.2, 0) is 0 Å². The van der Waals surface area contributed by atoms with Crippen LogP contribution in [0.25, 0.3) is 10.2 Å². The van der Waals surface area contributed by atoms with Crippen molar-refractivity contribution in [3.8, 4) is 0 Å². The van der Waals surface area contributed by atoms with E-state index in [0.717, 1.165) is 15.1 Å². The van der Waals surface area contributed by atoms with Crippen molar-refractivity contribution < 1.29 is 5.11 Å². The summed E-state index contributed by atoms with van der Waals surface area (Å²) >= 11 is 1.58. The van der Waals surface area contributed by atoms with Gasteiger partial charge in [-0.2, -0.15) is 4.98 Å². The second kappa shape index (κ2) is 6.10. The topological polar surface area (TPSA) is 99.3 Å². The van der Waals surface area contributed by atoms with Gasteiger partial charge in [-0.05, 0) is 34.0 Å². The molecule has 2 aromatic heterocycles. The van der Waals surface area contributed by atoms with Gasteiger partial charge in [-0.3, -0.25) is 5.43 Å². The first-order valence-corrected chi connectivity index (χ1v) is 7.48. The Bertz CT molecular complexity index is 624. The standard InChI is InChI=1S/C13H22N6OS/c1-8-5-9-10(15-6-13(2,20)7-19(3)4)16-12(18-14)17-11(9)21-8/h5,20H,6-7,14H2,1-4H3,(H2,15,16,17,18). The summed E-state index contributed by atoms with van der Waals surface area (Å²) in [5.41, 5.74) is 1.61. The van der Waals surface area contributed by atoms with Crippen LogP contribution in [-0.4, -0.2) is 52.8 Å². The van der Waals surface area contributed by atoms with Crippen LogP contribution in [0.4, 0.5) is 11.8 Å². The maximum absolute atomic E-state index is 10.4. The lowest BCUT2D eigenvalue weighted by atomic mass is 10.1. The van der Waals surface area contributed by atoms with E-state index in [9.17, 15) is 5.11 Å². The first-order valence-electron chi connectivity index (χ1n) is 6.66. The van der Waals surface area contributed by atoms with Crippen molar-refractivity contribution in [1.82, 2.24) is 14.9 Å². The van der Waals surface area contributed by atoms with Crippen molar-refractivity contribution in [3.63, 3.8) is 0 Å². The second-order valence-electron chi connectivity index (χ2n) is 5.70. The van der Waals surface area contributed by atoms with E-state index in [1.54, 1.807) is 18.3 Å². The van der Waals surface area contributed by atoms with Crippen molar-refractivity contribution in [2.24, 2.45) is 5.84 Å². The van der Waals surface area contributed by atoms with Crippen molar-refractivity contribution in [2.45, 2.75) is 19.4 Å². The molecule has 116 valence electrons. The van der Waals surface area contributed by atoms with E-state index in [0.29, 0.717) is 24.9 Å². The Hall–Kier alpha value is -1.48. The number of aromatic nitrogens is 2. The molecule has 2 aromatic rings. The zero-order valence-electron chi connectivity index (χ0n) is 12.8. The van der Waals surface area contributed by atoms with Crippen molar-refractivity contribution >= 4 is 33.3 Å². The minimum absolute atomic E-state index is 0.360.